The van der Waals surface area contributed by atoms with Gasteiger partial charge in [-0.2, -0.15) is 0 Å². The molecule has 0 fully saturated rings. The Hall–Kier alpha value is -0.370. The molecule has 0 saturated carbocycles. The maximum absolute atomic E-state index is 11.6. The molecule has 84 valence electrons. The Morgan fingerprint density at radius 2 is 1.71 bits per heavy atom. The number of hydrogen-bond acceptors (Lipinski definition) is 2. The molecule has 0 aromatic heterocycles. The summed E-state index contributed by atoms with van der Waals surface area (Å²) >= 11 is 0. The molecule has 0 saturated heterocycles. The highest BCUT2D eigenvalue weighted by atomic mass is 16.5. The van der Waals surface area contributed by atoms with Crippen LogP contribution in [0.15, 0.2) is 0 Å². The lowest BCUT2D eigenvalue weighted by atomic mass is 9.74. The highest BCUT2D eigenvalue weighted by Gasteiger charge is 2.36. The van der Waals surface area contributed by atoms with E-state index in [1.54, 1.807) is 14.0 Å². The van der Waals surface area contributed by atoms with Crippen LogP contribution in [-0.2, 0) is 9.53 Å². The zero-order chi connectivity index (χ0) is 11.4. The fraction of sp³-hybridized carbons (Fsp3) is 0.917. The summed E-state index contributed by atoms with van der Waals surface area (Å²) in [5.41, 5.74) is -0.406. The highest BCUT2D eigenvalue weighted by molar-refractivity contribution is 5.81. The summed E-state index contributed by atoms with van der Waals surface area (Å²) in [5.74, 6) is 0.261. The van der Waals surface area contributed by atoms with Crippen LogP contribution < -0.4 is 0 Å². The van der Waals surface area contributed by atoms with Gasteiger partial charge in [-0.05, 0) is 33.1 Å². The van der Waals surface area contributed by atoms with Gasteiger partial charge >= 0.3 is 0 Å². The third-order valence-electron chi connectivity index (χ3n) is 3.64. The first-order chi connectivity index (χ1) is 6.33. The Balaban J connectivity index is 4.67. The summed E-state index contributed by atoms with van der Waals surface area (Å²) in [6, 6.07) is 0. The molecule has 0 aliphatic carbocycles. The highest BCUT2D eigenvalue weighted by Crippen LogP contribution is 2.35. The van der Waals surface area contributed by atoms with E-state index in [1.807, 2.05) is 6.92 Å². The van der Waals surface area contributed by atoms with Crippen molar-refractivity contribution in [3.63, 3.8) is 0 Å². The summed E-state index contributed by atoms with van der Waals surface area (Å²) in [7, 11) is 1.72. The Kier molecular flexibility index (Phi) is 4.79. The summed E-state index contributed by atoms with van der Waals surface area (Å²) in [5, 5.41) is 0. The van der Waals surface area contributed by atoms with Crippen molar-refractivity contribution in [1.82, 2.24) is 0 Å². The normalized spacial score (nSPS) is 19.9. The molecule has 2 heteroatoms. The molecule has 0 rings (SSSR count). The SMILES string of the molecule is CCC(C)(CC(C)(CC)C(C)=O)OC. The van der Waals surface area contributed by atoms with Crippen LogP contribution >= 0.6 is 0 Å². The number of ether oxygens (including phenoxy) is 1. The van der Waals surface area contributed by atoms with Crippen molar-refractivity contribution in [3.8, 4) is 0 Å². The van der Waals surface area contributed by atoms with Crippen LogP contribution in [0.3, 0.4) is 0 Å². The van der Waals surface area contributed by atoms with Crippen LogP contribution in [0.25, 0.3) is 0 Å². The van der Waals surface area contributed by atoms with Gasteiger partial charge in [-0.15, -0.1) is 0 Å². The molecule has 0 aliphatic rings. The van der Waals surface area contributed by atoms with Crippen molar-refractivity contribution in [1.29, 1.82) is 0 Å². The molecular weight excluding hydrogens is 176 g/mol. The minimum atomic E-state index is -0.235. The van der Waals surface area contributed by atoms with Crippen molar-refractivity contribution in [3.05, 3.63) is 0 Å². The Morgan fingerprint density at radius 1 is 1.21 bits per heavy atom. The number of ketones is 1. The second-order valence-electron chi connectivity index (χ2n) is 4.65. The maximum atomic E-state index is 11.6. The zero-order valence-corrected chi connectivity index (χ0v) is 10.4. The molecule has 0 N–H and O–H groups in total. The van der Waals surface area contributed by atoms with Crippen LogP contribution in [0.5, 0.6) is 0 Å². The van der Waals surface area contributed by atoms with Crippen LogP contribution in [0.4, 0.5) is 0 Å². The molecule has 0 bridgehead atoms. The third-order valence-corrected chi connectivity index (χ3v) is 3.64. The predicted molar refractivity (Wildman–Crippen MR) is 59.4 cm³/mol. The van der Waals surface area contributed by atoms with Crippen LogP contribution in [-0.4, -0.2) is 18.5 Å². The minimum Gasteiger partial charge on any atom is -0.379 e. The lowest BCUT2D eigenvalue weighted by Gasteiger charge is -2.36. The molecular formula is C12H24O2. The van der Waals surface area contributed by atoms with E-state index in [9.17, 15) is 4.79 Å². The van der Waals surface area contributed by atoms with E-state index in [4.69, 9.17) is 4.74 Å². The van der Waals surface area contributed by atoms with Crippen molar-refractivity contribution in [2.45, 2.75) is 59.5 Å². The van der Waals surface area contributed by atoms with Gasteiger partial charge in [-0.3, -0.25) is 4.79 Å². The number of hydrogen-bond donors (Lipinski definition) is 0. The van der Waals surface area contributed by atoms with E-state index in [0.717, 1.165) is 19.3 Å². The van der Waals surface area contributed by atoms with Gasteiger partial charge in [0.1, 0.15) is 5.78 Å². The summed E-state index contributed by atoms with van der Waals surface area (Å²) in [6.07, 6.45) is 2.62. The first-order valence-corrected chi connectivity index (χ1v) is 5.39. The van der Waals surface area contributed by atoms with Crippen molar-refractivity contribution >= 4 is 5.78 Å². The smallest absolute Gasteiger partial charge is 0.135 e. The summed E-state index contributed by atoms with van der Waals surface area (Å²) in [4.78, 5) is 11.6. The van der Waals surface area contributed by atoms with E-state index in [2.05, 4.69) is 20.8 Å². The van der Waals surface area contributed by atoms with Crippen molar-refractivity contribution in [2.75, 3.05) is 7.11 Å². The standard InChI is InChI=1S/C12H24O2/c1-7-11(4,10(3)13)9-12(5,8-2)14-6/h7-9H2,1-6H3. The lowest BCUT2D eigenvalue weighted by Crippen LogP contribution is -2.37. The minimum absolute atomic E-state index is 0.170. The van der Waals surface area contributed by atoms with Crippen molar-refractivity contribution < 1.29 is 9.53 Å². The van der Waals surface area contributed by atoms with Gasteiger partial charge in [0.15, 0.2) is 0 Å². The molecule has 0 heterocycles. The van der Waals surface area contributed by atoms with Gasteiger partial charge in [-0.25, -0.2) is 0 Å². The Morgan fingerprint density at radius 3 is 1.93 bits per heavy atom. The average molecular weight is 200 g/mol. The molecule has 0 amide bonds. The van der Waals surface area contributed by atoms with E-state index < -0.39 is 0 Å². The molecule has 0 aromatic carbocycles. The predicted octanol–water partition coefficient (Wildman–Crippen LogP) is 3.20. The van der Waals surface area contributed by atoms with E-state index >= 15 is 0 Å². The monoisotopic (exact) mass is 200 g/mol. The van der Waals surface area contributed by atoms with Crippen LogP contribution in [0, 0.1) is 5.41 Å². The van der Waals surface area contributed by atoms with Gasteiger partial charge in [0.25, 0.3) is 0 Å². The molecule has 2 unspecified atom stereocenters. The first-order valence-electron chi connectivity index (χ1n) is 5.39. The average Bonchev–Trinajstić information content (AvgIpc) is 2.17. The molecule has 2 nitrogen and oxygen atoms in total. The van der Waals surface area contributed by atoms with E-state index in [1.165, 1.54) is 0 Å². The molecule has 0 radical (unpaired) electrons. The van der Waals surface area contributed by atoms with E-state index in [0.29, 0.717) is 0 Å². The maximum Gasteiger partial charge on any atom is 0.135 e. The van der Waals surface area contributed by atoms with Gasteiger partial charge < -0.3 is 4.74 Å². The summed E-state index contributed by atoms with van der Waals surface area (Å²) < 4.78 is 5.48. The number of rotatable bonds is 6. The topological polar surface area (TPSA) is 26.3 Å². The van der Waals surface area contributed by atoms with Gasteiger partial charge in [0, 0.05) is 12.5 Å². The molecule has 0 aliphatic heterocycles. The van der Waals surface area contributed by atoms with Gasteiger partial charge in [0.2, 0.25) is 0 Å². The molecule has 2 atom stereocenters. The second kappa shape index (κ2) is 4.92. The van der Waals surface area contributed by atoms with Crippen molar-refractivity contribution in [2.24, 2.45) is 5.41 Å². The molecule has 14 heavy (non-hydrogen) atoms. The quantitative estimate of drug-likeness (QED) is 0.658. The van der Waals surface area contributed by atoms with E-state index in [-0.39, 0.29) is 16.8 Å². The fourth-order valence-corrected chi connectivity index (χ4v) is 1.67. The van der Waals surface area contributed by atoms with Gasteiger partial charge in [0.05, 0.1) is 5.60 Å². The largest absolute Gasteiger partial charge is 0.379 e. The summed E-state index contributed by atoms with van der Waals surface area (Å²) in [6.45, 7) is 9.94. The fourth-order valence-electron chi connectivity index (χ4n) is 1.67. The second-order valence-corrected chi connectivity index (χ2v) is 4.65. The van der Waals surface area contributed by atoms with Crippen LogP contribution in [0.2, 0.25) is 0 Å². The number of carbonyl (C=O) groups is 1. The zero-order valence-electron chi connectivity index (χ0n) is 10.4. The Labute approximate surface area is 88.0 Å². The molecule has 0 spiro atoms. The number of Topliss-reactive ketones (excluding diaryl/α,β-unsaturated/α-hetero) is 1. The first kappa shape index (κ1) is 13.6. The third kappa shape index (κ3) is 3.09. The number of carbonyl (C=O) groups excluding carboxylic acids is 1. The lowest BCUT2D eigenvalue weighted by molar-refractivity contribution is -0.130. The van der Waals surface area contributed by atoms with Gasteiger partial charge in [-0.1, -0.05) is 20.8 Å². The Bertz CT molecular complexity index is 194. The van der Waals surface area contributed by atoms with Crippen LogP contribution in [0.1, 0.15) is 53.9 Å². The number of methoxy groups -OCH3 is 1. The molecule has 0 aromatic rings.